The molecule has 0 saturated carbocycles. The molecule has 21 heavy (non-hydrogen) atoms. The van der Waals surface area contributed by atoms with E-state index in [2.05, 4.69) is 48.4 Å². The third-order valence-electron chi connectivity index (χ3n) is 4.45. The van der Waals surface area contributed by atoms with Crippen LogP contribution < -0.4 is 5.32 Å². The molecule has 3 heteroatoms. The first-order valence-electron chi connectivity index (χ1n) is 8.03. The van der Waals surface area contributed by atoms with E-state index >= 15 is 0 Å². The highest BCUT2D eigenvalue weighted by molar-refractivity contribution is 7.11. The first-order valence-corrected chi connectivity index (χ1v) is 8.85. The lowest BCUT2D eigenvalue weighted by Crippen LogP contribution is -2.26. The van der Waals surface area contributed by atoms with Crippen LogP contribution in [0.25, 0.3) is 0 Å². The molecule has 2 aromatic rings. The second kappa shape index (κ2) is 6.71. The number of rotatable bonds is 5. The third-order valence-corrected chi connectivity index (χ3v) is 5.78. The normalized spacial score (nSPS) is 19.2. The molecule has 0 saturated heterocycles. The van der Waals surface area contributed by atoms with Gasteiger partial charge < -0.3 is 5.32 Å². The molecular weight excluding hydrogens is 276 g/mol. The van der Waals surface area contributed by atoms with Crippen molar-refractivity contribution in [3.05, 3.63) is 51.5 Å². The van der Waals surface area contributed by atoms with E-state index in [1.165, 1.54) is 29.1 Å². The molecule has 1 N–H and O–H groups in total. The number of aromatic nitrogens is 1. The van der Waals surface area contributed by atoms with Gasteiger partial charge in [0, 0.05) is 17.6 Å². The highest BCUT2D eigenvalue weighted by Crippen LogP contribution is 2.31. The van der Waals surface area contributed by atoms with Gasteiger partial charge in [-0.15, -0.1) is 11.3 Å². The quantitative estimate of drug-likeness (QED) is 0.881. The van der Waals surface area contributed by atoms with E-state index in [4.69, 9.17) is 0 Å². The molecule has 1 heterocycles. The van der Waals surface area contributed by atoms with E-state index in [0.717, 1.165) is 13.0 Å². The Balaban J connectivity index is 1.63. The predicted molar refractivity (Wildman–Crippen MR) is 90.0 cm³/mol. The van der Waals surface area contributed by atoms with E-state index in [9.17, 15) is 0 Å². The van der Waals surface area contributed by atoms with Crippen LogP contribution >= 0.6 is 11.3 Å². The van der Waals surface area contributed by atoms with Crippen molar-refractivity contribution in [3.63, 3.8) is 0 Å². The number of nitrogens with one attached hydrogen (secondary N) is 1. The Labute approximate surface area is 131 Å². The second-order valence-electron chi connectivity index (χ2n) is 5.94. The number of aryl methyl sites for hydroxylation is 2. The van der Waals surface area contributed by atoms with Crippen LogP contribution in [0.15, 0.2) is 30.5 Å². The van der Waals surface area contributed by atoms with Gasteiger partial charge in [0.25, 0.3) is 0 Å². The number of hydrogen-bond donors (Lipinski definition) is 1. The van der Waals surface area contributed by atoms with Crippen molar-refractivity contribution in [3.8, 4) is 0 Å². The highest BCUT2D eigenvalue weighted by Gasteiger charge is 2.20. The van der Waals surface area contributed by atoms with Crippen molar-refractivity contribution in [2.45, 2.75) is 51.5 Å². The molecule has 3 rings (SSSR count). The second-order valence-corrected chi connectivity index (χ2v) is 7.08. The molecule has 0 amide bonds. The van der Waals surface area contributed by atoms with E-state index in [1.54, 1.807) is 11.1 Å². The zero-order valence-corrected chi connectivity index (χ0v) is 13.7. The molecule has 0 radical (unpaired) electrons. The minimum atomic E-state index is 0.351. The molecule has 0 spiro atoms. The fourth-order valence-corrected chi connectivity index (χ4v) is 4.04. The van der Waals surface area contributed by atoms with Crippen molar-refractivity contribution in [2.24, 2.45) is 0 Å². The Morgan fingerprint density at radius 3 is 3.05 bits per heavy atom. The van der Waals surface area contributed by atoms with E-state index in [0.29, 0.717) is 12.0 Å². The lowest BCUT2D eigenvalue weighted by Gasteiger charge is -2.26. The fourth-order valence-electron chi connectivity index (χ4n) is 3.16. The van der Waals surface area contributed by atoms with E-state index in [1.807, 2.05) is 17.5 Å². The molecule has 1 aromatic carbocycles. The van der Waals surface area contributed by atoms with Gasteiger partial charge in [-0.1, -0.05) is 31.2 Å². The zero-order valence-electron chi connectivity index (χ0n) is 12.9. The summed E-state index contributed by atoms with van der Waals surface area (Å²) in [4.78, 5) is 5.93. The van der Waals surface area contributed by atoms with Gasteiger partial charge >= 0.3 is 0 Å². The Morgan fingerprint density at radius 2 is 2.24 bits per heavy atom. The highest BCUT2D eigenvalue weighted by atomic mass is 32.1. The minimum Gasteiger partial charge on any atom is -0.308 e. The van der Waals surface area contributed by atoms with Crippen molar-refractivity contribution in [1.29, 1.82) is 0 Å². The molecule has 0 bridgehead atoms. The van der Waals surface area contributed by atoms with Crippen LogP contribution in [0.2, 0.25) is 0 Å². The van der Waals surface area contributed by atoms with Gasteiger partial charge in [0.1, 0.15) is 5.01 Å². The summed E-state index contributed by atoms with van der Waals surface area (Å²) in [6.07, 6.45) is 6.97. The van der Waals surface area contributed by atoms with Crippen LogP contribution in [0.3, 0.4) is 0 Å². The summed E-state index contributed by atoms with van der Waals surface area (Å²) in [5, 5.41) is 4.91. The van der Waals surface area contributed by atoms with Crippen LogP contribution in [-0.4, -0.2) is 11.5 Å². The molecule has 2 unspecified atom stereocenters. The van der Waals surface area contributed by atoms with Gasteiger partial charge in [0.2, 0.25) is 0 Å². The molecule has 0 aliphatic heterocycles. The van der Waals surface area contributed by atoms with Crippen LogP contribution in [0.1, 0.15) is 59.7 Å². The molecule has 2 atom stereocenters. The fraction of sp³-hybridized carbons (Fsp3) is 0.500. The third kappa shape index (κ3) is 3.35. The van der Waals surface area contributed by atoms with Crippen LogP contribution in [-0.2, 0) is 12.8 Å². The van der Waals surface area contributed by atoms with Crippen molar-refractivity contribution >= 4 is 11.3 Å². The Kier molecular flexibility index (Phi) is 4.71. The summed E-state index contributed by atoms with van der Waals surface area (Å²) in [5.74, 6) is 0.656. The SMILES string of the molecule is CCc1cnc(C(C)NCC2CCCc3ccccc32)s1. The maximum absolute atomic E-state index is 4.55. The number of nitrogens with zero attached hydrogens (tertiary/aromatic N) is 1. The number of benzene rings is 1. The monoisotopic (exact) mass is 300 g/mol. The molecule has 0 fully saturated rings. The average Bonchev–Trinajstić information content (AvgIpc) is 3.01. The Morgan fingerprint density at radius 1 is 1.38 bits per heavy atom. The zero-order chi connectivity index (χ0) is 14.7. The van der Waals surface area contributed by atoms with Crippen LogP contribution in [0, 0.1) is 0 Å². The van der Waals surface area contributed by atoms with Gasteiger partial charge in [-0.25, -0.2) is 4.98 Å². The summed E-state index contributed by atoms with van der Waals surface area (Å²) < 4.78 is 0. The van der Waals surface area contributed by atoms with Crippen molar-refractivity contribution in [1.82, 2.24) is 10.3 Å². The number of hydrogen-bond acceptors (Lipinski definition) is 3. The first-order chi connectivity index (χ1) is 10.3. The topological polar surface area (TPSA) is 24.9 Å². The standard InChI is InChI=1S/C18H24N2S/c1-3-16-12-20-18(21-16)13(2)19-11-15-9-6-8-14-7-4-5-10-17(14)15/h4-5,7,10,12-13,15,19H,3,6,8-9,11H2,1-2H3. The lowest BCUT2D eigenvalue weighted by atomic mass is 9.83. The summed E-state index contributed by atoms with van der Waals surface area (Å²) in [5.41, 5.74) is 3.10. The molecular formula is C18H24N2S. The maximum atomic E-state index is 4.55. The molecule has 1 aromatic heterocycles. The van der Waals surface area contributed by atoms with Gasteiger partial charge in [0.05, 0.1) is 6.04 Å². The molecule has 1 aliphatic carbocycles. The van der Waals surface area contributed by atoms with Gasteiger partial charge in [-0.2, -0.15) is 0 Å². The molecule has 1 aliphatic rings. The van der Waals surface area contributed by atoms with Gasteiger partial charge in [-0.05, 0) is 49.7 Å². The van der Waals surface area contributed by atoms with Crippen LogP contribution in [0.4, 0.5) is 0 Å². The van der Waals surface area contributed by atoms with Crippen molar-refractivity contribution in [2.75, 3.05) is 6.54 Å². The number of fused-ring (bicyclic) bond motifs is 1. The average molecular weight is 300 g/mol. The summed E-state index contributed by atoms with van der Waals surface area (Å²) in [6.45, 7) is 5.47. The Bertz CT molecular complexity index is 590. The van der Waals surface area contributed by atoms with Gasteiger partial charge in [-0.3, -0.25) is 0 Å². The number of thiazole rings is 1. The lowest BCUT2D eigenvalue weighted by molar-refractivity contribution is 0.472. The summed E-state index contributed by atoms with van der Waals surface area (Å²) >= 11 is 1.84. The predicted octanol–water partition coefficient (Wildman–Crippen LogP) is 4.48. The van der Waals surface area contributed by atoms with E-state index < -0.39 is 0 Å². The molecule has 112 valence electrons. The first kappa shape index (κ1) is 14.7. The molecule has 2 nitrogen and oxygen atoms in total. The van der Waals surface area contributed by atoms with Crippen molar-refractivity contribution < 1.29 is 0 Å². The van der Waals surface area contributed by atoms with E-state index in [-0.39, 0.29) is 0 Å². The summed E-state index contributed by atoms with van der Waals surface area (Å²) in [6, 6.07) is 9.29. The maximum Gasteiger partial charge on any atom is 0.109 e. The van der Waals surface area contributed by atoms with Crippen LogP contribution in [0.5, 0.6) is 0 Å². The smallest absolute Gasteiger partial charge is 0.109 e. The van der Waals surface area contributed by atoms with Gasteiger partial charge in [0.15, 0.2) is 0 Å². The Hall–Kier alpha value is -1.19. The summed E-state index contributed by atoms with van der Waals surface area (Å²) in [7, 11) is 0. The minimum absolute atomic E-state index is 0.351. The largest absolute Gasteiger partial charge is 0.308 e.